The number of halogens is 1. The fraction of sp³-hybridized carbons (Fsp3) is 0.320. The van der Waals surface area contributed by atoms with Crippen LogP contribution in [0.1, 0.15) is 39.2 Å². The fourth-order valence-corrected chi connectivity index (χ4v) is 3.52. The van der Waals surface area contributed by atoms with Crippen LogP contribution in [0.15, 0.2) is 42.0 Å². The van der Waals surface area contributed by atoms with Crippen LogP contribution < -0.4 is 24.4 Å². The normalized spacial score (nSPS) is 14.9. The Labute approximate surface area is 203 Å². The summed E-state index contributed by atoms with van der Waals surface area (Å²) >= 11 is 6.40. The first-order valence-corrected chi connectivity index (χ1v) is 11.5. The van der Waals surface area contributed by atoms with E-state index >= 15 is 0 Å². The summed E-state index contributed by atoms with van der Waals surface area (Å²) in [5.41, 5.74) is 0.543. The highest BCUT2D eigenvalue weighted by Gasteiger charge is 2.37. The molecule has 1 aliphatic rings. The van der Waals surface area contributed by atoms with Crippen molar-refractivity contribution in [2.45, 2.75) is 33.6 Å². The Kier molecular flexibility index (Phi) is 8.54. The van der Waals surface area contributed by atoms with Gasteiger partial charge in [0.05, 0.1) is 30.5 Å². The van der Waals surface area contributed by atoms with Crippen molar-refractivity contribution in [3.63, 3.8) is 0 Å². The number of imide groups is 2. The molecule has 0 aromatic heterocycles. The predicted molar refractivity (Wildman–Crippen MR) is 130 cm³/mol. The van der Waals surface area contributed by atoms with E-state index in [0.717, 1.165) is 17.7 Å². The Bertz CT molecular complexity index is 1100. The van der Waals surface area contributed by atoms with Crippen molar-refractivity contribution < 1.29 is 28.6 Å². The van der Waals surface area contributed by atoms with Crippen molar-refractivity contribution in [2.75, 3.05) is 24.7 Å². The molecule has 0 unspecified atom stereocenters. The average Bonchev–Trinajstić information content (AvgIpc) is 2.81. The van der Waals surface area contributed by atoms with E-state index in [1.165, 1.54) is 6.08 Å². The molecule has 1 saturated heterocycles. The molecule has 1 aliphatic heterocycles. The molecule has 2 aromatic rings. The van der Waals surface area contributed by atoms with Crippen molar-refractivity contribution in [3.05, 3.63) is 52.6 Å². The van der Waals surface area contributed by atoms with Gasteiger partial charge in [-0.2, -0.15) is 0 Å². The first-order chi connectivity index (χ1) is 16.4. The summed E-state index contributed by atoms with van der Waals surface area (Å²) in [6.07, 6.45) is 3.01. The second-order valence-electron chi connectivity index (χ2n) is 7.41. The van der Waals surface area contributed by atoms with Gasteiger partial charge in [-0.15, -0.1) is 0 Å². The number of amides is 4. The van der Waals surface area contributed by atoms with Gasteiger partial charge in [0.2, 0.25) is 0 Å². The molecular weight excluding hydrogens is 460 g/mol. The highest BCUT2D eigenvalue weighted by molar-refractivity contribution is 6.39. The number of nitrogens with one attached hydrogen (secondary N) is 1. The molecular formula is C25H27ClN2O6. The van der Waals surface area contributed by atoms with Crippen molar-refractivity contribution in [1.82, 2.24) is 5.32 Å². The number of urea groups is 1. The number of benzene rings is 2. The molecule has 9 heteroatoms. The summed E-state index contributed by atoms with van der Waals surface area (Å²) in [5, 5.41) is 2.49. The molecule has 4 amide bonds. The van der Waals surface area contributed by atoms with Crippen molar-refractivity contribution in [3.8, 4) is 17.2 Å². The monoisotopic (exact) mass is 486 g/mol. The second-order valence-corrected chi connectivity index (χ2v) is 7.82. The van der Waals surface area contributed by atoms with Crippen LogP contribution >= 0.6 is 11.6 Å². The highest BCUT2D eigenvalue weighted by atomic mass is 35.5. The summed E-state index contributed by atoms with van der Waals surface area (Å²) in [6, 6.07) is 8.87. The van der Waals surface area contributed by atoms with Gasteiger partial charge in [0, 0.05) is 0 Å². The van der Waals surface area contributed by atoms with Crippen LogP contribution in [0.5, 0.6) is 17.2 Å². The van der Waals surface area contributed by atoms with Crippen LogP contribution in [0, 0.1) is 0 Å². The van der Waals surface area contributed by atoms with Gasteiger partial charge in [0.25, 0.3) is 11.8 Å². The fourth-order valence-electron chi connectivity index (χ4n) is 3.25. The van der Waals surface area contributed by atoms with Crippen molar-refractivity contribution in [2.24, 2.45) is 0 Å². The van der Waals surface area contributed by atoms with E-state index in [1.807, 2.05) is 20.8 Å². The molecule has 0 bridgehead atoms. The summed E-state index contributed by atoms with van der Waals surface area (Å²) in [4.78, 5) is 39.1. The molecule has 1 fully saturated rings. The van der Waals surface area contributed by atoms with Crippen LogP contribution in [-0.2, 0) is 9.59 Å². The van der Waals surface area contributed by atoms with Gasteiger partial charge in [0.1, 0.15) is 11.3 Å². The summed E-state index contributed by atoms with van der Waals surface area (Å²) in [6.45, 7) is 7.17. The molecule has 1 N–H and O–H groups in total. The average molecular weight is 487 g/mol. The van der Waals surface area contributed by atoms with Crippen LogP contribution in [-0.4, -0.2) is 37.7 Å². The van der Waals surface area contributed by atoms with Crippen molar-refractivity contribution >= 4 is 41.2 Å². The molecule has 0 radical (unpaired) electrons. The summed E-state index contributed by atoms with van der Waals surface area (Å²) in [7, 11) is 0. The minimum Gasteiger partial charge on any atom is -0.494 e. The van der Waals surface area contributed by atoms with E-state index in [9.17, 15) is 14.4 Å². The lowest BCUT2D eigenvalue weighted by Crippen LogP contribution is -2.54. The Morgan fingerprint density at radius 3 is 2.26 bits per heavy atom. The van der Waals surface area contributed by atoms with Crippen LogP contribution in [0.2, 0.25) is 5.02 Å². The van der Waals surface area contributed by atoms with Crippen molar-refractivity contribution in [1.29, 1.82) is 0 Å². The molecule has 0 spiro atoms. The Balaban J connectivity index is 1.94. The number of hydrogen-bond donors (Lipinski definition) is 1. The summed E-state index contributed by atoms with van der Waals surface area (Å²) in [5.74, 6) is -0.139. The molecule has 8 nitrogen and oxygen atoms in total. The number of barbiturate groups is 1. The molecule has 0 atom stereocenters. The maximum atomic E-state index is 13.2. The summed E-state index contributed by atoms with van der Waals surface area (Å²) < 4.78 is 16.9. The number of carbonyl (C=O) groups excluding carboxylic acids is 3. The number of rotatable bonds is 10. The molecule has 2 aromatic carbocycles. The zero-order valence-corrected chi connectivity index (χ0v) is 20.1. The Morgan fingerprint density at radius 2 is 1.62 bits per heavy atom. The first-order valence-electron chi connectivity index (χ1n) is 11.1. The maximum Gasteiger partial charge on any atom is 0.335 e. The number of hydrogen-bond acceptors (Lipinski definition) is 6. The van der Waals surface area contributed by atoms with Gasteiger partial charge in [-0.05, 0) is 67.8 Å². The smallest absolute Gasteiger partial charge is 0.335 e. The lowest BCUT2D eigenvalue weighted by Gasteiger charge is -2.26. The maximum absolute atomic E-state index is 13.2. The van der Waals surface area contributed by atoms with E-state index in [1.54, 1.807) is 36.4 Å². The van der Waals surface area contributed by atoms with Gasteiger partial charge in [-0.1, -0.05) is 25.4 Å². The molecule has 1 heterocycles. The van der Waals surface area contributed by atoms with Crippen LogP contribution in [0.4, 0.5) is 10.5 Å². The minimum absolute atomic E-state index is 0.216. The van der Waals surface area contributed by atoms with Gasteiger partial charge >= 0.3 is 6.03 Å². The molecule has 0 saturated carbocycles. The number of nitrogens with zero attached hydrogens (tertiary/aromatic N) is 1. The minimum atomic E-state index is -0.828. The predicted octanol–water partition coefficient (Wildman–Crippen LogP) is 4.98. The van der Waals surface area contributed by atoms with Gasteiger partial charge in [0.15, 0.2) is 11.5 Å². The third kappa shape index (κ3) is 5.69. The first kappa shape index (κ1) is 25.1. The highest BCUT2D eigenvalue weighted by Crippen LogP contribution is 2.37. The van der Waals surface area contributed by atoms with E-state index in [2.05, 4.69) is 5.32 Å². The Morgan fingerprint density at radius 1 is 0.941 bits per heavy atom. The second kappa shape index (κ2) is 11.6. The molecule has 180 valence electrons. The van der Waals surface area contributed by atoms with Crippen LogP contribution in [0.3, 0.4) is 0 Å². The van der Waals surface area contributed by atoms with E-state index in [4.69, 9.17) is 25.8 Å². The number of carbonyl (C=O) groups is 3. The van der Waals surface area contributed by atoms with E-state index in [-0.39, 0.29) is 10.6 Å². The lowest BCUT2D eigenvalue weighted by molar-refractivity contribution is -0.122. The zero-order chi connectivity index (χ0) is 24.7. The molecule has 34 heavy (non-hydrogen) atoms. The SMILES string of the molecule is CCCOc1ccc(N2C(=O)NC(=O)/C(=C/c3cc(Cl)c(OCCC)c(OCC)c3)C2=O)cc1. The third-order valence-electron chi connectivity index (χ3n) is 4.76. The Hall–Kier alpha value is -3.52. The van der Waals surface area contributed by atoms with E-state index < -0.39 is 17.8 Å². The number of anilines is 1. The lowest BCUT2D eigenvalue weighted by atomic mass is 10.1. The number of ether oxygens (including phenoxy) is 3. The standard InChI is InChI=1S/C25H27ClN2O6/c1-4-11-33-18-9-7-17(8-10-18)28-24(30)19(23(29)27-25(28)31)13-16-14-20(26)22(34-12-5-2)21(15-16)32-6-3/h7-10,13-15H,4-6,11-12H2,1-3H3,(H,27,29,31)/b19-13-. The van der Waals surface area contributed by atoms with Crippen LogP contribution in [0.25, 0.3) is 6.08 Å². The molecule has 0 aliphatic carbocycles. The largest absolute Gasteiger partial charge is 0.494 e. The zero-order valence-electron chi connectivity index (χ0n) is 19.4. The van der Waals surface area contributed by atoms with Gasteiger partial charge in [-0.25, -0.2) is 9.69 Å². The van der Waals surface area contributed by atoms with E-state index in [0.29, 0.717) is 48.3 Å². The third-order valence-corrected chi connectivity index (χ3v) is 5.04. The van der Waals surface area contributed by atoms with Gasteiger partial charge in [-0.3, -0.25) is 14.9 Å². The van der Waals surface area contributed by atoms with Gasteiger partial charge < -0.3 is 14.2 Å². The topological polar surface area (TPSA) is 94.2 Å². The quantitative estimate of drug-likeness (QED) is 0.376. The molecule has 3 rings (SSSR count).